The van der Waals surface area contributed by atoms with Gasteiger partial charge in [0, 0.05) is 32.5 Å². The Hall–Kier alpha value is -3.17. The Balaban J connectivity index is 1.37. The van der Waals surface area contributed by atoms with Crippen molar-refractivity contribution in [2.75, 3.05) is 10.6 Å². The Morgan fingerprint density at radius 2 is 0.704 bits per heavy atom. The summed E-state index contributed by atoms with van der Waals surface area (Å²) >= 11 is 1.76. The first-order valence-electron chi connectivity index (χ1n) is 8.87. The van der Waals surface area contributed by atoms with Gasteiger partial charge in [0.05, 0.1) is 0 Å². The Morgan fingerprint density at radius 1 is 0.370 bits per heavy atom. The molecule has 2 nitrogen and oxygen atoms in total. The summed E-state index contributed by atoms with van der Waals surface area (Å²) in [7, 11) is 0. The van der Waals surface area contributed by atoms with Gasteiger partial charge in [-0.05, 0) is 72.8 Å². The maximum Gasteiger partial charge on any atom is 0.0385 e. The molecule has 0 saturated heterocycles. The van der Waals surface area contributed by atoms with E-state index in [0.717, 1.165) is 22.7 Å². The largest absolute Gasteiger partial charge is 0.356 e. The van der Waals surface area contributed by atoms with Crippen LogP contribution in [0.5, 0.6) is 0 Å². The van der Waals surface area contributed by atoms with Crippen molar-refractivity contribution >= 4 is 34.5 Å². The van der Waals surface area contributed by atoms with E-state index in [2.05, 4.69) is 83.4 Å². The van der Waals surface area contributed by atoms with E-state index in [0.29, 0.717) is 0 Å². The number of hydrogen-bond acceptors (Lipinski definition) is 3. The highest BCUT2D eigenvalue weighted by Crippen LogP contribution is 2.30. The summed E-state index contributed by atoms with van der Waals surface area (Å²) in [5.74, 6) is 0. The van der Waals surface area contributed by atoms with E-state index in [4.69, 9.17) is 0 Å². The van der Waals surface area contributed by atoms with Crippen LogP contribution in [0.25, 0.3) is 0 Å². The number of nitrogens with one attached hydrogen (secondary N) is 2. The minimum Gasteiger partial charge on any atom is -0.356 e. The summed E-state index contributed by atoms with van der Waals surface area (Å²) in [6.07, 6.45) is 0. The molecule has 0 spiro atoms. The molecule has 3 heteroatoms. The molecular formula is C24H20N2S. The van der Waals surface area contributed by atoms with Gasteiger partial charge >= 0.3 is 0 Å². The first-order valence-corrected chi connectivity index (χ1v) is 9.69. The lowest BCUT2D eigenvalue weighted by Gasteiger charge is -2.09. The third kappa shape index (κ3) is 4.93. The number of rotatable bonds is 6. The van der Waals surface area contributed by atoms with Crippen LogP contribution in [0.1, 0.15) is 0 Å². The summed E-state index contributed by atoms with van der Waals surface area (Å²) in [6, 6.07) is 37.4. The molecule has 0 aliphatic heterocycles. The van der Waals surface area contributed by atoms with Gasteiger partial charge in [-0.3, -0.25) is 0 Å². The van der Waals surface area contributed by atoms with E-state index in [1.54, 1.807) is 11.8 Å². The zero-order chi connectivity index (χ0) is 18.3. The number of hydrogen-bond donors (Lipinski definition) is 2. The Morgan fingerprint density at radius 3 is 1.07 bits per heavy atom. The van der Waals surface area contributed by atoms with Gasteiger partial charge < -0.3 is 10.6 Å². The second-order valence-corrected chi connectivity index (χ2v) is 7.28. The van der Waals surface area contributed by atoms with E-state index in [-0.39, 0.29) is 0 Å². The Labute approximate surface area is 164 Å². The lowest BCUT2D eigenvalue weighted by molar-refractivity contribution is 1.39. The third-order valence-corrected chi connectivity index (χ3v) is 5.08. The van der Waals surface area contributed by atoms with Crippen LogP contribution >= 0.6 is 11.8 Å². The number of para-hydroxylation sites is 2. The number of anilines is 4. The first kappa shape index (κ1) is 17.3. The molecule has 0 fully saturated rings. The zero-order valence-corrected chi connectivity index (χ0v) is 15.6. The maximum atomic E-state index is 3.41. The molecule has 0 heterocycles. The molecule has 0 amide bonds. The minimum atomic E-state index is 1.09. The summed E-state index contributed by atoms with van der Waals surface area (Å²) in [5.41, 5.74) is 4.37. The molecule has 4 aromatic carbocycles. The Bertz CT molecular complexity index is 883. The van der Waals surface area contributed by atoms with E-state index in [9.17, 15) is 0 Å². The molecule has 0 aromatic heterocycles. The molecular weight excluding hydrogens is 348 g/mol. The average Bonchev–Trinajstić information content (AvgIpc) is 2.73. The van der Waals surface area contributed by atoms with Crippen molar-refractivity contribution in [2.24, 2.45) is 0 Å². The van der Waals surface area contributed by atoms with E-state index in [1.807, 2.05) is 36.4 Å². The Kier molecular flexibility index (Phi) is 5.42. The maximum absolute atomic E-state index is 3.41. The van der Waals surface area contributed by atoms with Crippen molar-refractivity contribution in [3.63, 3.8) is 0 Å². The van der Waals surface area contributed by atoms with Gasteiger partial charge in [0.2, 0.25) is 0 Å². The first-order chi connectivity index (χ1) is 13.3. The van der Waals surface area contributed by atoms with Crippen LogP contribution in [0.2, 0.25) is 0 Å². The molecule has 0 aliphatic rings. The van der Waals surface area contributed by atoms with E-state index in [1.165, 1.54) is 9.79 Å². The lowest BCUT2D eigenvalue weighted by atomic mass is 10.3. The van der Waals surface area contributed by atoms with Crippen LogP contribution in [0, 0.1) is 0 Å². The van der Waals surface area contributed by atoms with Gasteiger partial charge in [0.1, 0.15) is 0 Å². The van der Waals surface area contributed by atoms with Crippen LogP contribution in [-0.2, 0) is 0 Å². The molecule has 0 aliphatic carbocycles. The SMILES string of the molecule is c1ccc(Nc2ccc(Sc3ccc(Nc4ccccc4)cc3)cc2)cc1. The molecule has 132 valence electrons. The number of benzene rings is 4. The molecule has 0 saturated carbocycles. The van der Waals surface area contributed by atoms with Crippen LogP contribution in [0.15, 0.2) is 119 Å². The van der Waals surface area contributed by atoms with Crippen molar-refractivity contribution in [2.45, 2.75) is 9.79 Å². The molecule has 4 rings (SSSR count). The normalized spacial score (nSPS) is 10.4. The van der Waals surface area contributed by atoms with Gasteiger partial charge in [-0.15, -0.1) is 0 Å². The predicted molar refractivity (Wildman–Crippen MR) is 116 cm³/mol. The molecule has 2 N–H and O–H groups in total. The monoisotopic (exact) mass is 368 g/mol. The summed E-state index contributed by atoms with van der Waals surface area (Å²) in [6.45, 7) is 0. The highest BCUT2D eigenvalue weighted by Gasteiger charge is 2.00. The highest BCUT2D eigenvalue weighted by atomic mass is 32.2. The topological polar surface area (TPSA) is 24.1 Å². The van der Waals surface area contributed by atoms with Crippen LogP contribution in [-0.4, -0.2) is 0 Å². The fourth-order valence-electron chi connectivity index (χ4n) is 2.73. The van der Waals surface area contributed by atoms with Gasteiger partial charge in [-0.1, -0.05) is 48.2 Å². The van der Waals surface area contributed by atoms with Gasteiger partial charge in [-0.2, -0.15) is 0 Å². The molecule has 0 bridgehead atoms. The summed E-state index contributed by atoms with van der Waals surface area (Å²) < 4.78 is 0. The highest BCUT2D eigenvalue weighted by molar-refractivity contribution is 7.99. The minimum absolute atomic E-state index is 1.09. The molecule has 4 aromatic rings. The van der Waals surface area contributed by atoms with Crippen molar-refractivity contribution in [3.05, 3.63) is 109 Å². The smallest absolute Gasteiger partial charge is 0.0385 e. The van der Waals surface area contributed by atoms with Crippen molar-refractivity contribution < 1.29 is 0 Å². The van der Waals surface area contributed by atoms with Crippen molar-refractivity contribution in [1.82, 2.24) is 0 Å². The van der Waals surface area contributed by atoms with Crippen LogP contribution in [0.4, 0.5) is 22.7 Å². The van der Waals surface area contributed by atoms with Gasteiger partial charge in [-0.25, -0.2) is 0 Å². The summed E-state index contributed by atoms with van der Waals surface area (Å²) in [5, 5.41) is 6.82. The van der Waals surface area contributed by atoms with E-state index < -0.39 is 0 Å². The van der Waals surface area contributed by atoms with E-state index >= 15 is 0 Å². The molecule has 0 atom stereocenters. The van der Waals surface area contributed by atoms with Crippen LogP contribution in [0.3, 0.4) is 0 Å². The standard InChI is InChI=1S/C24H20N2S/c1-3-7-19(8-4-1)25-21-11-15-23(16-12-21)27-24-17-13-22(14-18-24)26-20-9-5-2-6-10-20/h1-18,25-26H. The fraction of sp³-hybridized carbons (Fsp3) is 0. The third-order valence-electron chi connectivity index (χ3n) is 4.07. The zero-order valence-electron chi connectivity index (χ0n) is 14.8. The second kappa shape index (κ2) is 8.47. The quantitative estimate of drug-likeness (QED) is 0.373. The predicted octanol–water partition coefficient (Wildman–Crippen LogP) is 7.33. The average molecular weight is 369 g/mol. The fourth-order valence-corrected chi connectivity index (χ4v) is 3.54. The van der Waals surface area contributed by atoms with Gasteiger partial charge in [0.25, 0.3) is 0 Å². The summed E-state index contributed by atoms with van der Waals surface area (Å²) in [4.78, 5) is 2.44. The molecule has 27 heavy (non-hydrogen) atoms. The van der Waals surface area contributed by atoms with Crippen molar-refractivity contribution in [1.29, 1.82) is 0 Å². The van der Waals surface area contributed by atoms with Gasteiger partial charge in [0.15, 0.2) is 0 Å². The molecule has 0 unspecified atom stereocenters. The second-order valence-electron chi connectivity index (χ2n) is 6.13. The van der Waals surface area contributed by atoms with Crippen LogP contribution < -0.4 is 10.6 Å². The lowest BCUT2D eigenvalue weighted by Crippen LogP contribution is -1.89. The molecule has 0 radical (unpaired) electrons. The van der Waals surface area contributed by atoms with Crippen molar-refractivity contribution in [3.8, 4) is 0 Å².